The van der Waals surface area contributed by atoms with Crippen molar-refractivity contribution in [3.8, 4) is 0 Å². The van der Waals surface area contributed by atoms with Crippen LogP contribution in [0, 0.1) is 0 Å². The molecule has 64 valence electrons. The molecule has 0 spiro atoms. The summed E-state index contributed by atoms with van der Waals surface area (Å²) < 4.78 is 0. The molecule has 1 aromatic heterocycles. The van der Waals surface area contributed by atoms with Crippen molar-refractivity contribution in [1.82, 2.24) is 9.97 Å². The molecule has 1 heterocycles. The number of hydrogen-bond acceptors (Lipinski definition) is 2. The summed E-state index contributed by atoms with van der Waals surface area (Å²) in [6, 6.07) is 7.61. The van der Waals surface area contributed by atoms with Gasteiger partial charge in [-0.3, -0.25) is 4.79 Å². The van der Waals surface area contributed by atoms with Crippen LogP contribution in [0.15, 0.2) is 24.3 Å². The Labute approximate surface area is 75.8 Å². The molecular weight excluding hydrogens is 165 g/mol. The van der Waals surface area contributed by atoms with Crippen LogP contribution >= 0.6 is 0 Å². The number of benzene rings is 1. The van der Waals surface area contributed by atoms with E-state index in [2.05, 4.69) is 15.3 Å². The fraction of sp³-hybridized carbons (Fsp3) is 0. The number of fused-ring (bicyclic) bond motifs is 1. The molecular formula is C8H8BN3O. The largest absolute Gasteiger partial charge is 0.324 e. The van der Waals surface area contributed by atoms with Gasteiger partial charge in [-0.1, -0.05) is 12.1 Å². The third kappa shape index (κ3) is 1.54. The maximum Gasteiger partial charge on any atom is 0.216 e. The Kier molecular flexibility index (Phi) is 1.77. The zero-order valence-corrected chi connectivity index (χ0v) is 7.16. The molecule has 0 aliphatic carbocycles. The molecule has 13 heavy (non-hydrogen) atoms. The number of H-pyrrole nitrogens is 1. The Bertz CT molecular complexity index is 418. The maximum absolute atomic E-state index is 10.7. The Hall–Kier alpha value is -1.78. The lowest BCUT2D eigenvalue weighted by atomic mass is 10.1. The van der Waals surface area contributed by atoms with Crippen molar-refractivity contribution in [1.29, 1.82) is 0 Å². The lowest BCUT2D eigenvalue weighted by Gasteiger charge is -1.92. The first-order valence-electron chi connectivity index (χ1n) is 3.98. The van der Waals surface area contributed by atoms with Crippen LogP contribution in [0.5, 0.6) is 0 Å². The minimum absolute atomic E-state index is 0.126. The molecule has 2 N–H and O–H groups in total. The average Bonchev–Trinajstić information content (AvgIpc) is 2.44. The van der Waals surface area contributed by atoms with E-state index in [9.17, 15) is 4.79 Å². The van der Waals surface area contributed by atoms with E-state index in [0.717, 1.165) is 11.0 Å². The predicted molar refractivity (Wildman–Crippen MR) is 53.7 cm³/mol. The van der Waals surface area contributed by atoms with Crippen molar-refractivity contribution in [3.63, 3.8) is 0 Å². The van der Waals surface area contributed by atoms with Crippen molar-refractivity contribution in [2.24, 2.45) is 0 Å². The topological polar surface area (TPSA) is 57.8 Å². The molecule has 0 atom stereocenters. The van der Waals surface area contributed by atoms with Gasteiger partial charge in [-0.15, -0.1) is 0 Å². The minimum atomic E-state index is -0.126. The molecule has 1 amide bonds. The first-order chi connectivity index (χ1) is 6.25. The van der Waals surface area contributed by atoms with Gasteiger partial charge in [0, 0.05) is 0 Å². The van der Waals surface area contributed by atoms with Crippen LogP contribution < -0.4 is 5.32 Å². The molecule has 0 fully saturated rings. The van der Waals surface area contributed by atoms with E-state index in [-0.39, 0.29) is 5.81 Å². The predicted octanol–water partition coefficient (Wildman–Crippen LogP) is 0.728. The molecule has 2 rings (SSSR count). The van der Waals surface area contributed by atoms with Gasteiger partial charge in [-0.2, -0.15) is 0 Å². The van der Waals surface area contributed by atoms with Gasteiger partial charge in [0.05, 0.1) is 11.0 Å². The van der Waals surface area contributed by atoms with Crippen LogP contribution in [-0.4, -0.2) is 23.6 Å². The standard InChI is InChI=1S/C8H8BN3O/c9-7(13)12-8-10-5-3-1-2-4-6(5)11-8/h1-4H,9H2,(H2,10,11,12,13). The maximum atomic E-state index is 10.7. The summed E-state index contributed by atoms with van der Waals surface area (Å²) in [5.74, 6) is 0.368. The third-order valence-corrected chi connectivity index (χ3v) is 1.68. The average molecular weight is 173 g/mol. The van der Waals surface area contributed by atoms with Crippen molar-refractivity contribution in [3.05, 3.63) is 24.3 Å². The lowest BCUT2D eigenvalue weighted by molar-refractivity contribution is 0.268. The molecule has 1 aromatic carbocycles. The summed E-state index contributed by atoms with van der Waals surface area (Å²) in [7, 11) is 1.45. The van der Waals surface area contributed by atoms with Crippen LogP contribution in [0.1, 0.15) is 0 Å². The number of nitrogens with one attached hydrogen (secondary N) is 2. The number of nitrogens with zero attached hydrogens (tertiary/aromatic N) is 1. The Morgan fingerprint density at radius 3 is 2.92 bits per heavy atom. The van der Waals surface area contributed by atoms with E-state index in [4.69, 9.17) is 0 Å². The fourth-order valence-electron chi connectivity index (χ4n) is 1.18. The number of carbonyl (C=O) groups excluding carboxylic acids is 1. The van der Waals surface area contributed by atoms with Crippen molar-refractivity contribution < 1.29 is 4.79 Å². The van der Waals surface area contributed by atoms with Crippen LogP contribution in [0.3, 0.4) is 0 Å². The van der Waals surface area contributed by atoms with Crippen LogP contribution in [-0.2, 0) is 0 Å². The second-order valence-electron chi connectivity index (χ2n) is 2.78. The molecule has 0 radical (unpaired) electrons. The summed E-state index contributed by atoms with van der Waals surface area (Å²) in [5, 5.41) is 2.59. The third-order valence-electron chi connectivity index (χ3n) is 1.68. The quantitative estimate of drug-likeness (QED) is 0.624. The summed E-state index contributed by atoms with van der Waals surface area (Å²) in [6.07, 6.45) is 0. The SMILES string of the molecule is BC(=O)Nc1nc2ccccc2[nH]1. The zero-order valence-electron chi connectivity index (χ0n) is 7.16. The van der Waals surface area contributed by atoms with Gasteiger partial charge >= 0.3 is 0 Å². The molecule has 0 bridgehead atoms. The molecule has 0 saturated heterocycles. The number of aromatic amines is 1. The van der Waals surface area contributed by atoms with E-state index < -0.39 is 0 Å². The van der Waals surface area contributed by atoms with Gasteiger partial charge in [0.2, 0.25) is 13.8 Å². The van der Waals surface area contributed by atoms with Gasteiger partial charge in [-0.25, -0.2) is 4.98 Å². The van der Waals surface area contributed by atoms with Gasteiger partial charge in [-0.05, 0) is 12.1 Å². The molecule has 2 aromatic rings. The molecule has 5 heteroatoms. The second-order valence-corrected chi connectivity index (χ2v) is 2.78. The van der Waals surface area contributed by atoms with Gasteiger partial charge in [0.25, 0.3) is 0 Å². The highest BCUT2D eigenvalue weighted by molar-refractivity contribution is 6.60. The number of hydrogen-bond donors (Lipinski definition) is 2. The van der Waals surface area contributed by atoms with Gasteiger partial charge in [0.15, 0.2) is 5.81 Å². The van der Waals surface area contributed by atoms with E-state index in [1.54, 1.807) is 0 Å². The Morgan fingerprint density at radius 1 is 1.46 bits per heavy atom. The van der Waals surface area contributed by atoms with Gasteiger partial charge in [0.1, 0.15) is 0 Å². The lowest BCUT2D eigenvalue weighted by Crippen LogP contribution is -2.09. The first kappa shape index (κ1) is 7.85. The summed E-state index contributed by atoms with van der Waals surface area (Å²) in [6.45, 7) is 0. The summed E-state index contributed by atoms with van der Waals surface area (Å²) >= 11 is 0. The molecule has 4 nitrogen and oxygen atoms in total. The highest BCUT2D eigenvalue weighted by Crippen LogP contribution is 2.12. The molecule has 0 aliphatic heterocycles. The second kappa shape index (κ2) is 2.93. The normalized spacial score (nSPS) is 10.2. The van der Waals surface area contributed by atoms with Gasteiger partial charge < -0.3 is 10.3 Å². The van der Waals surface area contributed by atoms with E-state index in [0.29, 0.717) is 5.95 Å². The number of carbonyl (C=O) groups is 1. The number of aromatic nitrogens is 2. The first-order valence-corrected chi connectivity index (χ1v) is 3.98. The Balaban J connectivity index is 2.44. The van der Waals surface area contributed by atoms with Crippen molar-refractivity contribution in [2.45, 2.75) is 0 Å². The van der Waals surface area contributed by atoms with Crippen molar-refractivity contribution >= 4 is 30.6 Å². The highest BCUT2D eigenvalue weighted by Gasteiger charge is 2.01. The smallest absolute Gasteiger partial charge is 0.216 e. The van der Waals surface area contributed by atoms with Crippen LogP contribution in [0.2, 0.25) is 0 Å². The van der Waals surface area contributed by atoms with E-state index in [1.165, 1.54) is 7.85 Å². The summed E-state index contributed by atoms with van der Waals surface area (Å²) in [5.41, 5.74) is 1.78. The zero-order chi connectivity index (χ0) is 9.26. The monoisotopic (exact) mass is 173 g/mol. The van der Waals surface area contributed by atoms with E-state index >= 15 is 0 Å². The molecule has 0 aliphatic rings. The number of para-hydroxylation sites is 2. The fourth-order valence-corrected chi connectivity index (χ4v) is 1.18. The van der Waals surface area contributed by atoms with Crippen LogP contribution in [0.4, 0.5) is 10.7 Å². The Morgan fingerprint density at radius 2 is 2.23 bits per heavy atom. The number of imidazole rings is 1. The molecule has 0 unspecified atom stereocenters. The number of amides is 1. The van der Waals surface area contributed by atoms with Crippen LogP contribution in [0.25, 0.3) is 11.0 Å². The number of rotatable bonds is 1. The minimum Gasteiger partial charge on any atom is -0.324 e. The summed E-state index contributed by atoms with van der Waals surface area (Å²) in [4.78, 5) is 17.9. The molecule has 0 saturated carbocycles. The van der Waals surface area contributed by atoms with Crippen molar-refractivity contribution in [2.75, 3.05) is 5.32 Å². The van der Waals surface area contributed by atoms with E-state index in [1.807, 2.05) is 24.3 Å². The number of anilines is 1. The highest BCUT2D eigenvalue weighted by atomic mass is 16.1.